The number of nitrogens with zero attached hydrogens (tertiary/aromatic N) is 1. The number of nitrogens with one attached hydrogen (secondary N) is 1. The van der Waals surface area contributed by atoms with Crippen LogP contribution in [0.4, 0.5) is 4.79 Å². The van der Waals surface area contributed by atoms with Crippen LogP contribution in [-0.2, 0) is 9.59 Å². The standard InChI is InChI=1S/C19H24N2O5S/c1-2-25-13-7-9-14(10-8-13)26-11-17(22)20-15-5-3-4-6-16(15)21-18(23)12-27-19(21)24/h7-10,15-16H,2-6,11-12H2,1H3,(H,20,22). The van der Waals surface area contributed by atoms with Crippen molar-refractivity contribution in [3.8, 4) is 11.5 Å². The molecule has 1 heterocycles. The molecule has 0 radical (unpaired) electrons. The third-order valence-corrected chi connectivity index (χ3v) is 5.53. The first-order chi connectivity index (χ1) is 13.1. The lowest BCUT2D eigenvalue weighted by Crippen LogP contribution is -2.55. The highest BCUT2D eigenvalue weighted by Crippen LogP contribution is 2.30. The molecule has 3 amide bonds. The minimum absolute atomic E-state index is 0.117. The van der Waals surface area contributed by atoms with Crippen LogP contribution in [0.15, 0.2) is 24.3 Å². The van der Waals surface area contributed by atoms with Gasteiger partial charge in [-0.25, -0.2) is 0 Å². The molecule has 3 rings (SSSR count). The average Bonchev–Trinajstić information content (AvgIpc) is 3.00. The highest BCUT2D eigenvalue weighted by molar-refractivity contribution is 8.14. The Morgan fingerprint density at radius 3 is 2.44 bits per heavy atom. The Labute approximate surface area is 162 Å². The summed E-state index contributed by atoms with van der Waals surface area (Å²) < 4.78 is 10.9. The number of thioether (sulfide) groups is 1. The number of amides is 3. The van der Waals surface area contributed by atoms with Crippen LogP contribution < -0.4 is 14.8 Å². The molecular weight excluding hydrogens is 368 g/mol. The normalized spacial score (nSPS) is 22.6. The van der Waals surface area contributed by atoms with E-state index < -0.39 is 0 Å². The molecule has 0 spiro atoms. The summed E-state index contributed by atoms with van der Waals surface area (Å²) >= 11 is 1.03. The van der Waals surface area contributed by atoms with Crippen molar-refractivity contribution in [3.05, 3.63) is 24.3 Å². The van der Waals surface area contributed by atoms with Crippen molar-refractivity contribution in [2.75, 3.05) is 19.0 Å². The van der Waals surface area contributed by atoms with E-state index >= 15 is 0 Å². The van der Waals surface area contributed by atoms with Crippen molar-refractivity contribution in [1.29, 1.82) is 0 Å². The van der Waals surface area contributed by atoms with E-state index in [0.717, 1.165) is 43.2 Å². The summed E-state index contributed by atoms with van der Waals surface area (Å²) in [5.41, 5.74) is 0. The number of carbonyl (C=O) groups is 3. The zero-order valence-electron chi connectivity index (χ0n) is 15.3. The van der Waals surface area contributed by atoms with Crippen molar-refractivity contribution in [2.45, 2.75) is 44.7 Å². The molecule has 1 aromatic carbocycles. The fourth-order valence-corrected chi connectivity index (χ4v) is 4.23. The monoisotopic (exact) mass is 392 g/mol. The Morgan fingerprint density at radius 2 is 1.81 bits per heavy atom. The minimum Gasteiger partial charge on any atom is -0.494 e. The maximum Gasteiger partial charge on any atom is 0.289 e. The Morgan fingerprint density at radius 1 is 1.15 bits per heavy atom. The molecule has 146 valence electrons. The SMILES string of the molecule is CCOc1ccc(OCC(=O)NC2CCCCC2N2C(=O)CSC2=O)cc1. The number of ether oxygens (including phenoxy) is 2. The van der Waals surface area contributed by atoms with Crippen LogP contribution in [0.25, 0.3) is 0 Å². The molecule has 1 saturated heterocycles. The molecule has 1 aromatic rings. The summed E-state index contributed by atoms with van der Waals surface area (Å²) in [5, 5.41) is 2.73. The number of benzene rings is 1. The van der Waals surface area contributed by atoms with Crippen molar-refractivity contribution >= 4 is 28.8 Å². The van der Waals surface area contributed by atoms with Gasteiger partial charge in [-0.15, -0.1) is 0 Å². The molecule has 27 heavy (non-hydrogen) atoms. The van der Waals surface area contributed by atoms with Gasteiger partial charge in [0.2, 0.25) is 5.91 Å². The Hall–Kier alpha value is -2.22. The second-order valence-electron chi connectivity index (χ2n) is 6.54. The molecule has 1 aliphatic carbocycles. The highest BCUT2D eigenvalue weighted by Gasteiger charge is 2.41. The summed E-state index contributed by atoms with van der Waals surface area (Å²) in [4.78, 5) is 37.7. The molecule has 0 aromatic heterocycles. The van der Waals surface area contributed by atoms with Crippen LogP contribution in [-0.4, -0.2) is 53.0 Å². The largest absolute Gasteiger partial charge is 0.494 e. The summed E-state index contributed by atoms with van der Waals surface area (Å²) in [5.74, 6) is 1.10. The molecule has 2 unspecified atom stereocenters. The smallest absolute Gasteiger partial charge is 0.289 e. The molecule has 1 saturated carbocycles. The van der Waals surface area contributed by atoms with E-state index in [-0.39, 0.29) is 41.5 Å². The van der Waals surface area contributed by atoms with Gasteiger partial charge in [-0.1, -0.05) is 24.6 Å². The number of rotatable bonds is 7. The van der Waals surface area contributed by atoms with Gasteiger partial charge in [0.15, 0.2) is 6.61 Å². The Kier molecular flexibility index (Phi) is 6.60. The van der Waals surface area contributed by atoms with Crippen molar-refractivity contribution in [3.63, 3.8) is 0 Å². The van der Waals surface area contributed by atoms with E-state index in [9.17, 15) is 14.4 Å². The third-order valence-electron chi connectivity index (χ3n) is 4.70. The van der Waals surface area contributed by atoms with Gasteiger partial charge >= 0.3 is 0 Å². The predicted octanol–water partition coefficient (Wildman–Crippen LogP) is 2.59. The molecule has 2 aliphatic rings. The Bertz CT molecular complexity index is 678. The maximum atomic E-state index is 12.3. The van der Waals surface area contributed by atoms with Gasteiger partial charge in [0.25, 0.3) is 11.1 Å². The summed E-state index contributed by atoms with van der Waals surface area (Å²) in [7, 11) is 0. The van der Waals surface area contributed by atoms with Crippen LogP contribution in [0.2, 0.25) is 0 Å². The number of imide groups is 1. The van der Waals surface area contributed by atoms with Crippen LogP contribution in [0.5, 0.6) is 11.5 Å². The van der Waals surface area contributed by atoms with E-state index in [1.165, 1.54) is 4.90 Å². The van der Waals surface area contributed by atoms with Crippen LogP contribution in [0.3, 0.4) is 0 Å². The van der Waals surface area contributed by atoms with Gasteiger partial charge < -0.3 is 14.8 Å². The topological polar surface area (TPSA) is 84.9 Å². The molecular formula is C19H24N2O5S. The quantitative estimate of drug-likeness (QED) is 0.768. The number of carbonyl (C=O) groups excluding carboxylic acids is 3. The van der Waals surface area contributed by atoms with Gasteiger partial charge in [0.1, 0.15) is 11.5 Å². The van der Waals surface area contributed by atoms with Gasteiger partial charge in [-0.2, -0.15) is 0 Å². The second-order valence-corrected chi connectivity index (χ2v) is 7.46. The fraction of sp³-hybridized carbons (Fsp3) is 0.526. The first-order valence-electron chi connectivity index (χ1n) is 9.22. The molecule has 1 aliphatic heterocycles. The highest BCUT2D eigenvalue weighted by atomic mass is 32.2. The van der Waals surface area contributed by atoms with Crippen molar-refractivity contribution in [2.24, 2.45) is 0 Å². The zero-order valence-corrected chi connectivity index (χ0v) is 16.1. The van der Waals surface area contributed by atoms with Gasteiger partial charge in [-0.3, -0.25) is 19.3 Å². The molecule has 0 bridgehead atoms. The van der Waals surface area contributed by atoms with E-state index in [2.05, 4.69) is 5.32 Å². The molecule has 7 nitrogen and oxygen atoms in total. The number of hydrogen-bond donors (Lipinski definition) is 1. The lowest BCUT2D eigenvalue weighted by Gasteiger charge is -2.36. The fourth-order valence-electron chi connectivity index (χ4n) is 3.47. The number of hydrogen-bond acceptors (Lipinski definition) is 6. The zero-order chi connectivity index (χ0) is 19.2. The first-order valence-corrected chi connectivity index (χ1v) is 10.2. The van der Waals surface area contributed by atoms with Gasteiger partial charge in [0.05, 0.1) is 18.4 Å². The van der Waals surface area contributed by atoms with Crippen molar-refractivity contribution < 1.29 is 23.9 Å². The molecule has 2 atom stereocenters. The van der Waals surface area contributed by atoms with Gasteiger partial charge in [0, 0.05) is 6.04 Å². The summed E-state index contributed by atoms with van der Waals surface area (Å²) in [6.07, 6.45) is 3.38. The first kappa shape index (κ1) is 19.5. The van der Waals surface area contributed by atoms with Crippen molar-refractivity contribution in [1.82, 2.24) is 10.2 Å². The average molecular weight is 392 g/mol. The molecule has 1 N–H and O–H groups in total. The lowest BCUT2D eigenvalue weighted by atomic mass is 9.89. The summed E-state index contributed by atoms with van der Waals surface area (Å²) in [6, 6.07) is 6.60. The van der Waals surface area contributed by atoms with E-state index in [1.807, 2.05) is 6.92 Å². The van der Waals surface area contributed by atoms with Crippen LogP contribution in [0.1, 0.15) is 32.6 Å². The van der Waals surface area contributed by atoms with Crippen LogP contribution >= 0.6 is 11.8 Å². The predicted molar refractivity (Wildman–Crippen MR) is 102 cm³/mol. The second kappa shape index (κ2) is 9.12. The molecule has 8 heteroatoms. The van der Waals surface area contributed by atoms with Crippen LogP contribution in [0, 0.1) is 0 Å². The molecule has 2 fully saturated rings. The maximum absolute atomic E-state index is 12.3. The lowest BCUT2D eigenvalue weighted by molar-refractivity contribution is -0.129. The Balaban J connectivity index is 1.54. The van der Waals surface area contributed by atoms with E-state index in [4.69, 9.17) is 9.47 Å². The van der Waals surface area contributed by atoms with Gasteiger partial charge in [-0.05, 0) is 44.0 Å². The third kappa shape index (κ3) is 4.94. The van der Waals surface area contributed by atoms with E-state index in [0.29, 0.717) is 12.4 Å². The minimum atomic E-state index is -0.261. The van der Waals surface area contributed by atoms with E-state index in [1.54, 1.807) is 24.3 Å². The summed E-state index contributed by atoms with van der Waals surface area (Å²) in [6.45, 7) is 2.38.